The van der Waals surface area contributed by atoms with Gasteiger partial charge in [0.25, 0.3) is 0 Å². The van der Waals surface area contributed by atoms with Crippen molar-refractivity contribution in [2.75, 3.05) is 6.61 Å². The zero-order valence-corrected chi connectivity index (χ0v) is 13.7. The molecule has 1 saturated heterocycles. The van der Waals surface area contributed by atoms with Crippen LogP contribution in [0.15, 0.2) is 38.1 Å². The first-order valence-electron chi connectivity index (χ1n) is 8.05. The summed E-state index contributed by atoms with van der Waals surface area (Å²) in [4.78, 5) is 11.5. The second kappa shape index (κ2) is 6.51. The molecule has 1 aliphatic heterocycles. The van der Waals surface area contributed by atoms with Gasteiger partial charge < -0.3 is 43.8 Å². The standard InChI is InChI=1S/C17H16O10/c18-5-8-10(20)11(21)12(22)17(25-8)27-14-6-1-2-9(19)26-16(6)13(23)15-7(14)3-4-24-15/h1-4,8,10-12,17-18,20-23H,5H2/t8-,10+,11-,12-,17-/m0/s1. The Labute approximate surface area is 150 Å². The van der Waals surface area contributed by atoms with Gasteiger partial charge in [-0.25, -0.2) is 4.79 Å². The topological polar surface area (TPSA) is 163 Å². The number of phenols is 1. The summed E-state index contributed by atoms with van der Waals surface area (Å²) < 4.78 is 21.3. The maximum Gasteiger partial charge on any atom is 0.336 e. The maximum absolute atomic E-state index is 11.5. The molecule has 0 bridgehead atoms. The normalized spacial score (nSPS) is 28.7. The molecule has 144 valence electrons. The van der Waals surface area contributed by atoms with E-state index in [0.29, 0.717) is 5.39 Å². The van der Waals surface area contributed by atoms with Crippen LogP contribution in [0.3, 0.4) is 0 Å². The van der Waals surface area contributed by atoms with Gasteiger partial charge in [0.1, 0.15) is 30.2 Å². The van der Waals surface area contributed by atoms with Crippen molar-refractivity contribution in [1.29, 1.82) is 0 Å². The molecule has 5 N–H and O–H groups in total. The molecule has 1 aromatic carbocycles. The number of benzene rings is 1. The fourth-order valence-electron chi connectivity index (χ4n) is 3.10. The molecule has 1 fully saturated rings. The Bertz CT molecular complexity index is 1040. The summed E-state index contributed by atoms with van der Waals surface area (Å²) in [5.74, 6) is -0.344. The predicted molar refractivity (Wildman–Crippen MR) is 88.3 cm³/mol. The highest BCUT2D eigenvalue weighted by Gasteiger charge is 2.45. The third kappa shape index (κ3) is 2.74. The van der Waals surface area contributed by atoms with E-state index in [4.69, 9.17) is 18.3 Å². The van der Waals surface area contributed by atoms with E-state index in [0.717, 1.165) is 6.07 Å². The molecular weight excluding hydrogens is 364 g/mol. The Morgan fingerprint density at radius 3 is 2.48 bits per heavy atom. The molecule has 27 heavy (non-hydrogen) atoms. The van der Waals surface area contributed by atoms with E-state index in [1.807, 2.05) is 0 Å². The lowest BCUT2D eigenvalue weighted by Crippen LogP contribution is -2.60. The number of hydrogen-bond donors (Lipinski definition) is 5. The molecule has 10 heteroatoms. The fraction of sp³-hybridized carbons (Fsp3) is 0.353. The van der Waals surface area contributed by atoms with E-state index in [1.54, 1.807) is 0 Å². The molecule has 0 amide bonds. The Balaban J connectivity index is 1.84. The fourth-order valence-corrected chi connectivity index (χ4v) is 3.10. The van der Waals surface area contributed by atoms with E-state index < -0.39 is 48.7 Å². The highest BCUT2D eigenvalue weighted by molar-refractivity contribution is 6.06. The van der Waals surface area contributed by atoms with Crippen molar-refractivity contribution in [3.63, 3.8) is 0 Å². The summed E-state index contributed by atoms with van der Waals surface area (Å²) in [5, 5.41) is 50.1. The molecule has 10 nitrogen and oxygen atoms in total. The maximum atomic E-state index is 11.5. The van der Waals surface area contributed by atoms with Crippen LogP contribution in [0, 0.1) is 0 Å². The van der Waals surface area contributed by atoms with Crippen LogP contribution in [0.2, 0.25) is 0 Å². The third-order valence-electron chi connectivity index (χ3n) is 4.50. The Hall–Kier alpha value is -2.63. The minimum absolute atomic E-state index is 0.0172. The lowest BCUT2D eigenvalue weighted by molar-refractivity contribution is -0.277. The molecule has 3 aromatic rings. The molecule has 0 spiro atoms. The molecule has 1 aliphatic rings. The first-order chi connectivity index (χ1) is 12.9. The number of aliphatic hydroxyl groups is 4. The number of rotatable bonds is 3. The number of phenolic OH excluding ortho intramolecular Hbond substituents is 1. The van der Waals surface area contributed by atoms with Gasteiger partial charge in [0, 0.05) is 6.07 Å². The van der Waals surface area contributed by atoms with Gasteiger partial charge in [0.15, 0.2) is 11.2 Å². The second-order valence-electron chi connectivity index (χ2n) is 6.15. The molecule has 0 aliphatic carbocycles. The van der Waals surface area contributed by atoms with Crippen molar-refractivity contribution in [3.05, 3.63) is 34.9 Å². The largest absolute Gasteiger partial charge is 0.502 e. The Morgan fingerprint density at radius 1 is 1.00 bits per heavy atom. The quantitative estimate of drug-likeness (QED) is 0.372. The minimum Gasteiger partial charge on any atom is -0.502 e. The first-order valence-corrected chi connectivity index (χ1v) is 8.05. The van der Waals surface area contributed by atoms with E-state index in [1.165, 1.54) is 18.4 Å². The van der Waals surface area contributed by atoms with Crippen LogP contribution in [0.25, 0.3) is 21.9 Å². The molecule has 5 atom stereocenters. The van der Waals surface area contributed by atoms with Gasteiger partial charge in [0.05, 0.1) is 23.6 Å². The van der Waals surface area contributed by atoms with Gasteiger partial charge in [-0.05, 0) is 12.1 Å². The molecular formula is C17H16O10. The molecule has 2 aromatic heterocycles. The molecule has 0 saturated carbocycles. The van der Waals surface area contributed by atoms with Crippen molar-refractivity contribution in [2.45, 2.75) is 30.7 Å². The lowest BCUT2D eigenvalue weighted by atomic mass is 9.99. The summed E-state index contributed by atoms with van der Waals surface area (Å²) in [6.45, 7) is -0.614. The van der Waals surface area contributed by atoms with E-state index in [2.05, 4.69) is 0 Å². The van der Waals surface area contributed by atoms with Crippen LogP contribution in [0.1, 0.15) is 0 Å². The number of aromatic hydroxyl groups is 1. The van der Waals surface area contributed by atoms with Gasteiger partial charge >= 0.3 is 5.63 Å². The van der Waals surface area contributed by atoms with Crippen molar-refractivity contribution < 1.29 is 43.8 Å². The number of aliphatic hydroxyl groups excluding tert-OH is 4. The zero-order chi connectivity index (χ0) is 19.3. The number of fused-ring (bicyclic) bond motifs is 2. The van der Waals surface area contributed by atoms with E-state index >= 15 is 0 Å². The predicted octanol–water partition coefficient (Wildman–Crippen LogP) is -0.577. The summed E-state index contributed by atoms with van der Waals surface area (Å²) in [6.07, 6.45) is -6.13. The average molecular weight is 380 g/mol. The number of ether oxygens (including phenoxy) is 2. The summed E-state index contributed by atoms with van der Waals surface area (Å²) in [7, 11) is 0. The summed E-state index contributed by atoms with van der Waals surface area (Å²) >= 11 is 0. The van der Waals surface area contributed by atoms with E-state index in [-0.39, 0.29) is 22.3 Å². The van der Waals surface area contributed by atoms with Crippen molar-refractivity contribution in [3.8, 4) is 11.5 Å². The Kier molecular flexibility index (Phi) is 4.29. The minimum atomic E-state index is -1.63. The second-order valence-corrected chi connectivity index (χ2v) is 6.15. The van der Waals surface area contributed by atoms with Crippen LogP contribution in [-0.2, 0) is 4.74 Å². The van der Waals surface area contributed by atoms with Crippen LogP contribution < -0.4 is 10.4 Å². The summed E-state index contributed by atoms with van der Waals surface area (Å²) in [6, 6.07) is 3.96. The van der Waals surface area contributed by atoms with Crippen molar-refractivity contribution >= 4 is 21.9 Å². The van der Waals surface area contributed by atoms with Gasteiger partial charge in [0.2, 0.25) is 12.0 Å². The van der Waals surface area contributed by atoms with Crippen LogP contribution in [-0.4, -0.2) is 62.8 Å². The molecule has 3 heterocycles. The van der Waals surface area contributed by atoms with Gasteiger partial charge in [-0.3, -0.25) is 0 Å². The summed E-state index contributed by atoms with van der Waals surface area (Å²) in [5.41, 5.74) is -0.913. The van der Waals surface area contributed by atoms with E-state index in [9.17, 15) is 30.3 Å². The van der Waals surface area contributed by atoms with Crippen molar-refractivity contribution in [2.24, 2.45) is 0 Å². The molecule has 4 rings (SSSR count). The van der Waals surface area contributed by atoms with Crippen molar-refractivity contribution in [1.82, 2.24) is 0 Å². The third-order valence-corrected chi connectivity index (χ3v) is 4.50. The van der Waals surface area contributed by atoms with Crippen LogP contribution >= 0.6 is 0 Å². The number of furan rings is 1. The van der Waals surface area contributed by atoms with Gasteiger partial charge in [-0.15, -0.1) is 0 Å². The molecule has 0 unspecified atom stereocenters. The molecule has 0 radical (unpaired) electrons. The van der Waals surface area contributed by atoms with Gasteiger partial charge in [-0.1, -0.05) is 0 Å². The highest BCUT2D eigenvalue weighted by atomic mass is 16.7. The first kappa shape index (κ1) is 17.8. The number of hydrogen-bond acceptors (Lipinski definition) is 10. The smallest absolute Gasteiger partial charge is 0.336 e. The zero-order valence-electron chi connectivity index (χ0n) is 13.7. The average Bonchev–Trinajstić information content (AvgIpc) is 3.15. The lowest BCUT2D eigenvalue weighted by Gasteiger charge is -2.39. The monoisotopic (exact) mass is 380 g/mol. The van der Waals surface area contributed by atoms with Crippen LogP contribution in [0.5, 0.6) is 11.5 Å². The van der Waals surface area contributed by atoms with Gasteiger partial charge in [-0.2, -0.15) is 0 Å². The SMILES string of the molecule is O=c1ccc2c(O[C@@H]3O[C@@H](CO)[C@@H](O)[C@H](O)[C@@H]3O)c3ccoc3c(O)c2o1. The highest BCUT2D eigenvalue weighted by Crippen LogP contribution is 2.43. The van der Waals surface area contributed by atoms with Crippen LogP contribution in [0.4, 0.5) is 0 Å². The Morgan fingerprint density at radius 2 is 1.74 bits per heavy atom.